The summed E-state index contributed by atoms with van der Waals surface area (Å²) in [4.78, 5) is -0.270. The molecule has 0 atom stereocenters. The lowest BCUT2D eigenvalue weighted by Crippen LogP contribution is -2.05. The van der Waals surface area contributed by atoms with E-state index in [2.05, 4.69) is 5.32 Å². The van der Waals surface area contributed by atoms with E-state index in [9.17, 15) is 8.42 Å². The lowest BCUT2D eigenvalue weighted by atomic mass is 10.3. The van der Waals surface area contributed by atoms with Crippen molar-refractivity contribution in [2.24, 2.45) is 0 Å². The van der Waals surface area contributed by atoms with Gasteiger partial charge in [-0.15, -0.1) is 0 Å². The number of sulfone groups is 1. The van der Waals surface area contributed by atoms with Gasteiger partial charge >= 0.3 is 0 Å². The average Bonchev–Trinajstić information content (AvgIpc) is 2.56. The normalized spacial score (nSPS) is 11.5. The maximum absolute atomic E-state index is 12.3. The average molecular weight is 314 g/mol. The number of nitrogens with one attached hydrogen (secondary N) is 1. The van der Waals surface area contributed by atoms with Gasteiger partial charge in [0.05, 0.1) is 12.0 Å². The molecule has 1 N–H and O–H groups in total. The van der Waals surface area contributed by atoms with Gasteiger partial charge in [-0.25, -0.2) is 8.42 Å². The molecule has 6 heteroatoms. The van der Waals surface area contributed by atoms with Crippen LogP contribution in [0.4, 0.5) is 5.69 Å². The van der Waals surface area contributed by atoms with Crippen molar-refractivity contribution in [3.8, 4) is 11.8 Å². The summed E-state index contributed by atoms with van der Waals surface area (Å²) in [5, 5.41) is 11.9. The molecule has 5 nitrogen and oxygen atoms in total. The van der Waals surface area contributed by atoms with Crippen molar-refractivity contribution in [2.75, 3.05) is 12.4 Å². The Labute approximate surface area is 129 Å². The number of rotatable bonds is 5. The largest absolute Gasteiger partial charge is 0.497 e. The van der Waals surface area contributed by atoms with Crippen LogP contribution in [0.3, 0.4) is 0 Å². The number of hydrogen-bond donors (Lipinski definition) is 1. The molecule has 2 aromatic carbocycles. The third kappa shape index (κ3) is 3.45. The quantitative estimate of drug-likeness (QED) is 0.858. The van der Waals surface area contributed by atoms with E-state index < -0.39 is 9.84 Å². The van der Waals surface area contributed by atoms with Gasteiger partial charge in [0, 0.05) is 11.9 Å². The van der Waals surface area contributed by atoms with E-state index in [1.807, 2.05) is 0 Å². The monoisotopic (exact) mass is 314 g/mol. The molecule has 0 unspecified atom stereocenters. The molecule has 0 heterocycles. The number of anilines is 1. The van der Waals surface area contributed by atoms with E-state index in [1.54, 1.807) is 55.6 Å². The molecule has 0 spiro atoms. The molecule has 0 bridgehead atoms. The van der Waals surface area contributed by atoms with Gasteiger partial charge in [0.25, 0.3) is 0 Å². The van der Waals surface area contributed by atoms with Gasteiger partial charge in [-0.1, -0.05) is 18.2 Å². The standard InChI is InChI=1S/C16H14N2O3S/c1-21-14-9-7-13(8-10-14)18-12-16(11-17)22(19,20)15-5-3-2-4-6-15/h2-10,12,18H,1H3. The Morgan fingerprint density at radius 3 is 2.32 bits per heavy atom. The van der Waals surface area contributed by atoms with Gasteiger partial charge in [-0.05, 0) is 36.4 Å². The van der Waals surface area contributed by atoms with Crippen LogP contribution in [0.1, 0.15) is 0 Å². The lowest BCUT2D eigenvalue weighted by molar-refractivity contribution is 0.415. The molecule has 0 saturated heterocycles. The molecule has 0 aromatic heterocycles. The second-order valence-corrected chi connectivity index (χ2v) is 6.23. The van der Waals surface area contributed by atoms with Gasteiger partial charge in [0.15, 0.2) is 4.91 Å². The highest BCUT2D eigenvalue weighted by molar-refractivity contribution is 7.95. The summed E-state index contributed by atoms with van der Waals surface area (Å²) in [7, 11) is -2.26. The van der Waals surface area contributed by atoms with Crippen molar-refractivity contribution < 1.29 is 13.2 Å². The fraction of sp³-hybridized carbons (Fsp3) is 0.0625. The Hall–Kier alpha value is -2.78. The second kappa shape index (κ2) is 6.78. The van der Waals surface area contributed by atoms with Crippen LogP contribution in [0.5, 0.6) is 5.75 Å². The Balaban J connectivity index is 2.26. The Kier molecular flexibility index (Phi) is 4.81. The first kappa shape index (κ1) is 15.6. The molecule has 0 amide bonds. The third-order valence-electron chi connectivity index (χ3n) is 2.91. The summed E-state index contributed by atoms with van der Waals surface area (Å²) < 4.78 is 29.7. The first-order valence-corrected chi connectivity index (χ1v) is 7.87. The van der Waals surface area contributed by atoms with Crippen LogP contribution in [0.15, 0.2) is 70.6 Å². The minimum Gasteiger partial charge on any atom is -0.497 e. The van der Waals surface area contributed by atoms with Crippen molar-refractivity contribution in [3.05, 3.63) is 65.7 Å². The summed E-state index contributed by atoms with van der Waals surface area (Å²) in [5.41, 5.74) is 0.650. The van der Waals surface area contributed by atoms with Crippen molar-refractivity contribution in [1.82, 2.24) is 0 Å². The van der Waals surface area contributed by atoms with Crippen LogP contribution in [0.25, 0.3) is 0 Å². The predicted molar refractivity (Wildman–Crippen MR) is 83.9 cm³/mol. The zero-order chi connectivity index (χ0) is 16.0. The number of nitrogens with zero attached hydrogens (tertiary/aromatic N) is 1. The Morgan fingerprint density at radius 2 is 1.77 bits per heavy atom. The van der Waals surface area contributed by atoms with Crippen molar-refractivity contribution in [1.29, 1.82) is 5.26 Å². The maximum Gasteiger partial charge on any atom is 0.218 e. The topological polar surface area (TPSA) is 79.2 Å². The van der Waals surface area contributed by atoms with Gasteiger partial charge in [-0.2, -0.15) is 5.26 Å². The predicted octanol–water partition coefficient (Wildman–Crippen LogP) is 2.95. The van der Waals surface area contributed by atoms with Gasteiger partial charge in [0.2, 0.25) is 9.84 Å². The van der Waals surface area contributed by atoms with E-state index in [1.165, 1.54) is 18.3 Å². The van der Waals surface area contributed by atoms with Crippen LogP contribution >= 0.6 is 0 Å². The molecule has 112 valence electrons. The summed E-state index contributed by atoms with van der Waals surface area (Å²) in [6.45, 7) is 0. The number of ether oxygens (including phenoxy) is 1. The minimum atomic E-state index is -3.82. The fourth-order valence-electron chi connectivity index (χ4n) is 1.73. The smallest absolute Gasteiger partial charge is 0.218 e. The molecule has 0 aliphatic carbocycles. The molecular weight excluding hydrogens is 300 g/mol. The zero-order valence-corrected chi connectivity index (χ0v) is 12.7. The first-order chi connectivity index (χ1) is 10.6. The highest BCUT2D eigenvalue weighted by Gasteiger charge is 2.20. The summed E-state index contributed by atoms with van der Waals surface area (Å²) in [6.07, 6.45) is 1.18. The molecule has 0 saturated carbocycles. The lowest BCUT2D eigenvalue weighted by Gasteiger charge is -2.05. The molecular formula is C16H14N2O3S. The fourth-order valence-corrected chi connectivity index (χ4v) is 2.84. The van der Waals surface area contributed by atoms with Gasteiger partial charge in [0.1, 0.15) is 11.8 Å². The number of allylic oxidation sites excluding steroid dienone is 1. The van der Waals surface area contributed by atoms with Crippen LogP contribution in [0.2, 0.25) is 0 Å². The Morgan fingerprint density at radius 1 is 1.14 bits per heavy atom. The number of nitriles is 1. The van der Waals surface area contributed by atoms with Crippen molar-refractivity contribution in [3.63, 3.8) is 0 Å². The molecule has 0 aliphatic heterocycles. The summed E-state index contributed by atoms with van der Waals surface area (Å²) >= 11 is 0. The molecule has 0 fully saturated rings. The third-order valence-corrected chi connectivity index (χ3v) is 4.59. The highest BCUT2D eigenvalue weighted by Crippen LogP contribution is 2.20. The van der Waals surface area contributed by atoms with Crippen LogP contribution in [-0.4, -0.2) is 15.5 Å². The molecule has 22 heavy (non-hydrogen) atoms. The number of benzene rings is 2. The first-order valence-electron chi connectivity index (χ1n) is 6.39. The van der Waals surface area contributed by atoms with Crippen molar-refractivity contribution in [2.45, 2.75) is 4.90 Å². The molecule has 0 aliphatic rings. The van der Waals surface area contributed by atoms with E-state index in [0.29, 0.717) is 11.4 Å². The SMILES string of the molecule is COc1ccc(NC=C(C#N)S(=O)(=O)c2ccccc2)cc1. The van der Waals surface area contributed by atoms with Crippen LogP contribution in [-0.2, 0) is 9.84 Å². The van der Waals surface area contributed by atoms with E-state index >= 15 is 0 Å². The maximum atomic E-state index is 12.3. The van der Waals surface area contributed by atoms with Crippen LogP contribution in [0, 0.1) is 11.3 Å². The summed E-state index contributed by atoms with van der Waals surface area (Å²) in [6, 6.07) is 16.5. The molecule has 0 radical (unpaired) electrons. The van der Waals surface area contributed by atoms with Crippen molar-refractivity contribution >= 4 is 15.5 Å². The van der Waals surface area contributed by atoms with E-state index in [4.69, 9.17) is 10.00 Å². The van der Waals surface area contributed by atoms with E-state index in [-0.39, 0.29) is 9.80 Å². The molecule has 2 rings (SSSR count). The highest BCUT2D eigenvalue weighted by atomic mass is 32.2. The van der Waals surface area contributed by atoms with Gasteiger partial charge < -0.3 is 10.1 Å². The molecule has 2 aromatic rings. The van der Waals surface area contributed by atoms with Crippen LogP contribution < -0.4 is 10.1 Å². The minimum absolute atomic E-state index is 0.0827. The Bertz CT molecular complexity index is 805. The second-order valence-electron chi connectivity index (χ2n) is 4.31. The number of hydrogen-bond acceptors (Lipinski definition) is 5. The van der Waals surface area contributed by atoms with Gasteiger partial charge in [-0.3, -0.25) is 0 Å². The summed E-state index contributed by atoms with van der Waals surface area (Å²) in [5.74, 6) is 0.687. The zero-order valence-electron chi connectivity index (χ0n) is 11.9. The van der Waals surface area contributed by atoms with E-state index in [0.717, 1.165) is 0 Å². The number of methoxy groups -OCH3 is 1.